The van der Waals surface area contributed by atoms with Crippen LogP contribution in [0.2, 0.25) is 5.02 Å². The predicted molar refractivity (Wildman–Crippen MR) is 58.7 cm³/mol. The van der Waals surface area contributed by atoms with Crippen molar-refractivity contribution in [1.29, 1.82) is 0 Å². The highest BCUT2D eigenvalue weighted by Crippen LogP contribution is 2.19. The van der Waals surface area contributed by atoms with Crippen LogP contribution in [0.3, 0.4) is 0 Å². The molecule has 0 atom stereocenters. The molecule has 4 heteroatoms. The highest BCUT2D eigenvalue weighted by molar-refractivity contribution is 6.30. The van der Waals surface area contributed by atoms with Gasteiger partial charge in [-0.1, -0.05) is 23.7 Å². The summed E-state index contributed by atoms with van der Waals surface area (Å²) in [5.74, 6) is -0.731. The van der Waals surface area contributed by atoms with Gasteiger partial charge >= 0.3 is 5.97 Å². The Morgan fingerprint density at radius 1 is 1.60 bits per heavy atom. The molecule has 0 unspecified atom stereocenters. The van der Waals surface area contributed by atoms with Crippen molar-refractivity contribution in [2.24, 2.45) is 0 Å². The average Bonchev–Trinajstić information content (AvgIpc) is 2.16. The monoisotopic (exact) mass is 226 g/mol. The second-order valence-electron chi connectivity index (χ2n) is 2.79. The summed E-state index contributed by atoms with van der Waals surface area (Å²) in [6.45, 7) is 2.20. The lowest BCUT2D eigenvalue weighted by Crippen LogP contribution is -1.96. The highest BCUT2D eigenvalue weighted by Gasteiger charge is 2.05. The van der Waals surface area contributed by atoms with E-state index in [1.54, 1.807) is 31.2 Å². The first-order valence-electron chi connectivity index (χ1n) is 4.47. The lowest BCUT2D eigenvalue weighted by atomic mass is 10.2. The van der Waals surface area contributed by atoms with Crippen LogP contribution in [0, 0.1) is 0 Å². The van der Waals surface area contributed by atoms with E-state index in [9.17, 15) is 4.79 Å². The maximum atomic E-state index is 10.6. The molecule has 0 aliphatic carbocycles. The van der Waals surface area contributed by atoms with Gasteiger partial charge in [0.1, 0.15) is 5.76 Å². The fourth-order valence-corrected chi connectivity index (χ4v) is 1.31. The molecule has 1 N–H and O–H groups in total. The number of halogens is 1. The summed E-state index contributed by atoms with van der Waals surface area (Å²) in [4.78, 5) is 10.6. The van der Waals surface area contributed by atoms with Gasteiger partial charge < -0.3 is 9.84 Å². The number of rotatable bonds is 4. The van der Waals surface area contributed by atoms with Gasteiger partial charge in [0.25, 0.3) is 0 Å². The number of ether oxygens (including phenoxy) is 1. The molecule has 80 valence electrons. The Labute approximate surface area is 92.9 Å². The molecule has 0 bridgehead atoms. The van der Waals surface area contributed by atoms with Crippen LogP contribution in [-0.2, 0) is 9.53 Å². The fraction of sp³-hybridized carbons (Fsp3) is 0.182. The number of carboxylic acid groups (broad SMARTS) is 1. The molecule has 0 amide bonds. The summed E-state index contributed by atoms with van der Waals surface area (Å²) >= 11 is 5.80. The van der Waals surface area contributed by atoms with Crippen molar-refractivity contribution >= 4 is 23.3 Å². The SMILES string of the molecule is CCO/C(=C\C(=O)O)c1cccc(Cl)c1. The van der Waals surface area contributed by atoms with Crippen LogP contribution in [0.5, 0.6) is 0 Å². The third-order valence-corrected chi connectivity index (χ3v) is 1.90. The molecular formula is C11H11ClO3. The van der Waals surface area contributed by atoms with Gasteiger partial charge in [0.2, 0.25) is 0 Å². The quantitative estimate of drug-likeness (QED) is 0.634. The summed E-state index contributed by atoms with van der Waals surface area (Å²) in [5, 5.41) is 9.20. The second kappa shape index (κ2) is 5.41. The van der Waals surface area contributed by atoms with Gasteiger partial charge in [-0.3, -0.25) is 0 Å². The number of aliphatic carboxylic acids is 1. The van der Waals surface area contributed by atoms with Crippen LogP contribution < -0.4 is 0 Å². The van der Waals surface area contributed by atoms with E-state index in [4.69, 9.17) is 21.4 Å². The van der Waals surface area contributed by atoms with Crippen molar-refractivity contribution in [2.45, 2.75) is 6.92 Å². The van der Waals surface area contributed by atoms with Crippen LogP contribution in [0.15, 0.2) is 30.3 Å². The van der Waals surface area contributed by atoms with Crippen LogP contribution in [0.1, 0.15) is 12.5 Å². The van der Waals surface area contributed by atoms with Crippen molar-refractivity contribution in [3.63, 3.8) is 0 Å². The van der Waals surface area contributed by atoms with Gasteiger partial charge in [-0.05, 0) is 19.1 Å². The third-order valence-electron chi connectivity index (χ3n) is 1.66. The lowest BCUT2D eigenvalue weighted by Gasteiger charge is -2.07. The van der Waals surface area contributed by atoms with Crippen molar-refractivity contribution < 1.29 is 14.6 Å². The molecule has 3 nitrogen and oxygen atoms in total. The van der Waals surface area contributed by atoms with Gasteiger partial charge in [-0.25, -0.2) is 4.79 Å². The Balaban J connectivity index is 3.04. The van der Waals surface area contributed by atoms with Crippen molar-refractivity contribution in [3.8, 4) is 0 Å². The number of carbonyl (C=O) groups is 1. The van der Waals surface area contributed by atoms with Crippen LogP contribution in [0.4, 0.5) is 0 Å². The molecule has 0 aliphatic heterocycles. The average molecular weight is 227 g/mol. The van der Waals surface area contributed by atoms with Gasteiger partial charge in [-0.2, -0.15) is 0 Å². The van der Waals surface area contributed by atoms with Crippen molar-refractivity contribution in [3.05, 3.63) is 40.9 Å². The maximum Gasteiger partial charge on any atom is 0.332 e. The second-order valence-corrected chi connectivity index (χ2v) is 3.23. The predicted octanol–water partition coefficient (Wildman–Crippen LogP) is 2.80. The number of hydrogen-bond donors (Lipinski definition) is 1. The normalized spacial score (nSPS) is 11.2. The summed E-state index contributed by atoms with van der Waals surface area (Å²) in [5.41, 5.74) is 0.659. The Hall–Kier alpha value is -1.48. The van der Waals surface area contributed by atoms with Crippen molar-refractivity contribution in [1.82, 2.24) is 0 Å². The molecule has 0 aliphatic rings. The Morgan fingerprint density at radius 2 is 2.33 bits per heavy atom. The minimum absolute atomic E-state index is 0.313. The first kappa shape index (κ1) is 11.6. The highest BCUT2D eigenvalue weighted by atomic mass is 35.5. The first-order valence-corrected chi connectivity index (χ1v) is 4.84. The largest absolute Gasteiger partial charge is 0.493 e. The molecule has 1 aromatic rings. The fourth-order valence-electron chi connectivity index (χ4n) is 1.12. The molecule has 0 spiro atoms. The maximum absolute atomic E-state index is 10.6. The summed E-state index contributed by atoms with van der Waals surface area (Å²) < 4.78 is 5.22. The molecule has 0 heterocycles. The Morgan fingerprint density at radius 3 is 2.87 bits per heavy atom. The molecule has 15 heavy (non-hydrogen) atoms. The van der Waals surface area contributed by atoms with E-state index < -0.39 is 5.97 Å². The number of hydrogen-bond acceptors (Lipinski definition) is 2. The van der Waals surface area contributed by atoms with Crippen LogP contribution in [-0.4, -0.2) is 17.7 Å². The van der Waals surface area contributed by atoms with Gasteiger partial charge in [0.05, 0.1) is 12.7 Å². The van der Waals surface area contributed by atoms with E-state index in [1.165, 1.54) is 0 Å². The summed E-state index contributed by atoms with van der Waals surface area (Å²) in [6.07, 6.45) is 1.02. The van der Waals surface area contributed by atoms with E-state index in [0.29, 0.717) is 23.0 Å². The molecule has 1 rings (SSSR count). The van der Waals surface area contributed by atoms with E-state index in [-0.39, 0.29) is 0 Å². The zero-order valence-corrected chi connectivity index (χ0v) is 8.99. The molecule has 0 fully saturated rings. The Kier molecular flexibility index (Phi) is 4.18. The van der Waals surface area contributed by atoms with E-state index >= 15 is 0 Å². The summed E-state index contributed by atoms with van der Waals surface area (Å²) in [6, 6.07) is 6.87. The van der Waals surface area contributed by atoms with E-state index in [2.05, 4.69) is 0 Å². The number of carboxylic acids is 1. The van der Waals surface area contributed by atoms with Crippen LogP contribution in [0.25, 0.3) is 5.76 Å². The minimum Gasteiger partial charge on any atom is -0.493 e. The molecular weight excluding hydrogens is 216 g/mol. The van der Waals surface area contributed by atoms with Gasteiger partial charge in [0, 0.05) is 10.6 Å². The first-order chi connectivity index (χ1) is 7.13. The smallest absolute Gasteiger partial charge is 0.332 e. The Bertz CT molecular complexity index is 385. The molecule has 0 saturated heterocycles. The molecule has 1 aromatic carbocycles. The standard InChI is InChI=1S/C11H11ClO3/c1-2-15-10(7-11(13)14)8-4-3-5-9(12)6-8/h3-7H,2H2,1H3,(H,13,14)/b10-7-. The number of benzene rings is 1. The zero-order chi connectivity index (χ0) is 11.3. The van der Waals surface area contributed by atoms with Crippen molar-refractivity contribution in [2.75, 3.05) is 6.61 Å². The van der Waals surface area contributed by atoms with E-state index in [1.807, 2.05) is 0 Å². The third kappa shape index (κ3) is 3.64. The topological polar surface area (TPSA) is 46.5 Å². The molecule has 0 saturated carbocycles. The lowest BCUT2D eigenvalue weighted by molar-refractivity contribution is -0.131. The summed E-state index contributed by atoms with van der Waals surface area (Å²) in [7, 11) is 0. The minimum atomic E-state index is -1.04. The molecule has 0 radical (unpaired) electrons. The molecule has 0 aromatic heterocycles. The zero-order valence-electron chi connectivity index (χ0n) is 8.24. The van der Waals surface area contributed by atoms with Gasteiger partial charge in [0.15, 0.2) is 0 Å². The van der Waals surface area contributed by atoms with E-state index in [0.717, 1.165) is 6.08 Å². The van der Waals surface area contributed by atoms with Crippen LogP contribution >= 0.6 is 11.6 Å². The van der Waals surface area contributed by atoms with Gasteiger partial charge in [-0.15, -0.1) is 0 Å².